The lowest BCUT2D eigenvalue weighted by molar-refractivity contribution is 0.583. The first kappa shape index (κ1) is 14.9. The highest BCUT2D eigenvalue weighted by Crippen LogP contribution is 2.32. The van der Waals surface area contributed by atoms with Gasteiger partial charge in [0, 0.05) is 11.1 Å². The molecule has 0 aliphatic carbocycles. The Balaban J connectivity index is 2.56. The lowest BCUT2D eigenvalue weighted by atomic mass is 9.99. The van der Waals surface area contributed by atoms with Gasteiger partial charge in [-0.1, -0.05) is 29.8 Å². The Morgan fingerprint density at radius 1 is 1.15 bits per heavy atom. The minimum Gasteiger partial charge on any atom is -0.313 e. The molecule has 1 atom stereocenters. The first-order valence-corrected chi connectivity index (χ1v) is 6.75. The van der Waals surface area contributed by atoms with Crippen LogP contribution in [0.25, 0.3) is 11.1 Å². The highest BCUT2D eigenvalue weighted by molar-refractivity contribution is 6.31. The monoisotopic (exact) mass is 295 g/mol. The van der Waals surface area contributed by atoms with Crippen LogP contribution < -0.4 is 5.32 Å². The Hall–Kier alpha value is -1.45. The molecule has 0 aliphatic rings. The second kappa shape index (κ2) is 5.90. The molecule has 0 fully saturated rings. The molecule has 1 N–H and O–H groups in total. The molecule has 0 radical (unpaired) electrons. The third kappa shape index (κ3) is 2.69. The molecule has 0 amide bonds. The van der Waals surface area contributed by atoms with Crippen LogP contribution in [0.3, 0.4) is 0 Å². The topological polar surface area (TPSA) is 12.0 Å². The first-order chi connectivity index (χ1) is 9.45. The summed E-state index contributed by atoms with van der Waals surface area (Å²) in [7, 11) is 1.83. The summed E-state index contributed by atoms with van der Waals surface area (Å²) < 4.78 is 28.0. The van der Waals surface area contributed by atoms with Crippen LogP contribution in [0.2, 0.25) is 5.02 Å². The van der Waals surface area contributed by atoms with Crippen molar-refractivity contribution in [2.45, 2.75) is 19.9 Å². The first-order valence-electron chi connectivity index (χ1n) is 6.37. The molecule has 4 heteroatoms. The fourth-order valence-corrected chi connectivity index (χ4v) is 2.45. The molecule has 2 aromatic rings. The molecule has 0 saturated carbocycles. The fourth-order valence-electron chi connectivity index (χ4n) is 2.11. The van der Waals surface area contributed by atoms with E-state index < -0.39 is 11.6 Å². The molecule has 1 nitrogen and oxygen atoms in total. The van der Waals surface area contributed by atoms with Gasteiger partial charge >= 0.3 is 0 Å². The number of halogens is 3. The van der Waals surface area contributed by atoms with Gasteiger partial charge in [0.2, 0.25) is 0 Å². The van der Waals surface area contributed by atoms with E-state index in [2.05, 4.69) is 5.32 Å². The van der Waals surface area contributed by atoms with Crippen LogP contribution in [0.1, 0.15) is 24.1 Å². The summed E-state index contributed by atoms with van der Waals surface area (Å²) in [4.78, 5) is 0. The van der Waals surface area contributed by atoms with E-state index in [4.69, 9.17) is 11.6 Å². The highest BCUT2D eigenvalue weighted by atomic mass is 35.5. The Bertz CT molecular complexity index is 641. The average molecular weight is 296 g/mol. The van der Waals surface area contributed by atoms with E-state index in [1.807, 2.05) is 14.0 Å². The van der Waals surface area contributed by atoms with E-state index in [1.54, 1.807) is 25.1 Å². The van der Waals surface area contributed by atoms with Gasteiger partial charge in [-0.15, -0.1) is 0 Å². The molecular weight excluding hydrogens is 280 g/mol. The normalized spacial score (nSPS) is 12.5. The van der Waals surface area contributed by atoms with Gasteiger partial charge in [-0.3, -0.25) is 0 Å². The zero-order valence-electron chi connectivity index (χ0n) is 11.6. The molecule has 0 spiro atoms. The number of hydrogen-bond donors (Lipinski definition) is 1. The van der Waals surface area contributed by atoms with Gasteiger partial charge in [0.1, 0.15) is 11.6 Å². The van der Waals surface area contributed by atoms with Crippen molar-refractivity contribution in [3.8, 4) is 11.1 Å². The van der Waals surface area contributed by atoms with Crippen molar-refractivity contribution in [2.75, 3.05) is 7.05 Å². The summed E-state index contributed by atoms with van der Waals surface area (Å²) in [5.41, 5.74) is 1.72. The van der Waals surface area contributed by atoms with E-state index in [1.165, 1.54) is 12.1 Å². The molecular formula is C16H16ClF2N. The van der Waals surface area contributed by atoms with Gasteiger partial charge in [-0.2, -0.15) is 0 Å². The second-order valence-corrected chi connectivity index (χ2v) is 5.21. The molecule has 0 heterocycles. The van der Waals surface area contributed by atoms with Crippen molar-refractivity contribution in [3.05, 3.63) is 58.1 Å². The second-order valence-electron chi connectivity index (χ2n) is 4.80. The van der Waals surface area contributed by atoms with Gasteiger partial charge < -0.3 is 5.32 Å². The Kier molecular flexibility index (Phi) is 4.41. The van der Waals surface area contributed by atoms with Crippen molar-refractivity contribution in [1.29, 1.82) is 0 Å². The molecule has 20 heavy (non-hydrogen) atoms. The zero-order valence-corrected chi connectivity index (χ0v) is 12.4. The summed E-state index contributed by atoms with van der Waals surface area (Å²) in [5.74, 6) is -1.13. The Morgan fingerprint density at radius 3 is 2.45 bits per heavy atom. The Labute approximate surface area is 122 Å². The van der Waals surface area contributed by atoms with Crippen LogP contribution in [-0.4, -0.2) is 7.05 Å². The summed E-state index contributed by atoms with van der Waals surface area (Å²) in [5, 5.41) is 3.57. The number of aryl methyl sites for hydroxylation is 1. The van der Waals surface area contributed by atoms with Crippen molar-refractivity contribution >= 4 is 11.6 Å². The quantitative estimate of drug-likeness (QED) is 0.851. The van der Waals surface area contributed by atoms with Crippen molar-refractivity contribution in [2.24, 2.45) is 0 Å². The van der Waals surface area contributed by atoms with E-state index in [9.17, 15) is 8.78 Å². The van der Waals surface area contributed by atoms with Gasteiger partial charge in [0.05, 0.1) is 5.56 Å². The highest BCUT2D eigenvalue weighted by Gasteiger charge is 2.16. The van der Waals surface area contributed by atoms with Crippen LogP contribution in [-0.2, 0) is 0 Å². The minimum atomic E-state index is -0.585. The molecule has 2 rings (SSSR count). The molecule has 0 aliphatic heterocycles. The van der Waals surface area contributed by atoms with Crippen LogP contribution in [0, 0.1) is 18.6 Å². The molecule has 1 unspecified atom stereocenters. The SMILES string of the molecule is CNC(C)c1ccc(-c2c(F)ccc(C)c2F)cc1Cl. The lowest BCUT2D eigenvalue weighted by Gasteiger charge is -2.14. The van der Waals surface area contributed by atoms with E-state index in [0.29, 0.717) is 16.1 Å². The van der Waals surface area contributed by atoms with Crippen molar-refractivity contribution < 1.29 is 8.78 Å². The minimum absolute atomic E-state index is 0.0319. The lowest BCUT2D eigenvalue weighted by Crippen LogP contribution is -2.12. The third-order valence-electron chi connectivity index (χ3n) is 3.47. The Morgan fingerprint density at radius 2 is 1.85 bits per heavy atom. The molecule has 2 aromatic carbocycles. The van der Waals surface area contributed by atoms with Crippen LogP contribution >= 0.6 is 11.6 Å². The van der Waals surface area contributed by atoms with Crippen LogP contribution in [0.5, 0.6) is 0 Å². The summed E-state index contributed by atoms with van der Waals surface area (Å²) in [6.45, 7) is 3.58. The smallest absolute Gasteiger partial charge is 0.136 e. The largest absolute Gasteiger partial charge is 0.313 e. The van der Waals surface area contributed by atoms with E-state index in [-0.39, 0.29) is 11.6 Å². The summed E-state index contributed by atoms with van der Waals surface area (Å²) in [6.07, 6.45) is 0. The van der Waals surface area contributed by atoms with Gasteiger partial charge in [-0.25, -0.2) is 8.78 Å². The van der Waals surface area contributed by atoms with Crippen molar-refractivity contribution in [3.63, 3.8) is 0 Å². The zero-order chi connectivity index (χ0) is 14.9. The fraction of sp³-hybridized carbons (Fsp3) is 0.250. The average Bonchev–Trinajstić information content (AvgIpc) is 2.43. The third-order valence-corrected chi connectivity index (χ3v) is 3.80. The summed E-state index contributed by atoms with van der Waals surface area (Å²) in [6, 6.07) is 7.85. The van der Waals surface area contributed by atoms with E-state index >= 15 is 0 Å². The number of hydrogen-bond acceptors (Lipinski definition) is 1. The number of benzene rings is 2. The molecule has 0 saturated heterocycles. The predicted octanol–water partition coefficient (Wildman–Crippen LogP) is 4.87. The van der Waals surface area contributed by atoms with Gasteiger partial charge in [0.25, 0.3) is 0 Å². The van der Waals surface area contributed by atoms with Crippen LogP contribution in [0.15, 0.2) is 30.3 Å². The predicted molar refractivity (Wildman–Crippen MR) is 79.0 cm³/mol. The number of nitrogens with one attached hydrogen (secondary N) is 1. The van der Waals surface area contributed by atoms with Gasteiger partial charge in [0.15, 0.2) is 0 Å². The standard InChI is InChI=1S/C16H16ClF2N/c1-9-4-7-14(18)15(16(9)19)11-5-6-12(10(2)20-3)13(17)8-11/h4-8,10,20H,1-3H3. The molecule has 106 valence electrons. The van der Waals surface area contributed by atoms with Gasteiger partial charge in [-0.05, 0) is 49.7 Å². The maximum absolute atomic E-state index is 14.1. The number of rotatable bonds is 3. The maximum atomic E-state index is 14.1. The maximum Gasteiger partial charge on any atom is 0.136 e. The molecule has 0 bridgehead atoms. The summed E-state index contributed by atoms with van der Waals surface area (Å²) >= 11 is 6.21. The van der Waals surface area contributed by atoms with Crippen molar-refractivity contribution in [1.82, 2.24) is 5.32 Å². The van der Waals surface area contributed by atoms with Crippen LogP contribution in [0.4, 0.5) is 8.78 Å². The van der Waals surface area contributed by atoms with E-state index in [0.717, 1.165) is 5.56 Å². The molecule has 0 aromatic heterocycles.